The minimum absolute atomic E-state index is 1.08. The van der Waals surface area contributed by atoms with Gasteiger partial charge in [0.25, 0.3) is 0 Å². The molecule has 0 bridgehead atoms. The summed E-state index contributed by atoms with van der Waals surface area (Å²) >= 11 is 1.75. The van der Waals surface area contributed by atoms with Crippen LogP contribution in [0, 0.1) is 0 Å². The zero-order valence-corrected chi connectivity index (χ0v) is 18.6. The number of thiophene rings is 1. The molecule has 1 aliphatic rings. The fourth-order valence-corrected chi connectivity index (χ4v) is 5.43. The van der Waals surface area contributed by atoms with Crippen molar-refractivity contribution in [3.8, 4) is 22.3 Å². The highest BCUT2D eigenvalue weighted by molar-refractivity contribution is 7.08. The van der Waals surface area contributed by atoms with Crippen LogP contribution < -0.4 is 4.57 Å². The maximum absolute atomic E-state index is 2.64. The van der Waals surface area contributed by atoms with Gasteiger partial charge in [0.2, 0.25) is 0 Å². The summed E-state index contributed by atoms with van der Waals surface area (Å²) in [4.78, 5) is 2.64. The normalized spacial score (nSPS) is 15.1. The van der Waals surface area contributed by atoms with E-state index < -0.39 is 0 Å². The number of aromatic nitrogens is 2. The van der Waals surface area contributed by atoms with Gasteiger partial charge in [0.05, 0.1) is 0 Å². The Hall–Kier alpha value is -2.43. The number of nitrogens with zero attached hydrogens (tertiary/aromatic N) is 3. The number of hydrogen-bond acceptors (Lipinski definition) is 2. The number of rotatable bonds is 6. The summed E-state index contributed by atoms with van der Waals surface area (Å²) < 4.78 is 4.65. The van der Waals surface area contributed by atoms with Crippen molar-refractivity contribution in [1.29, 1.82) is 0 Å². The van der Waals surface area contributed by atoms with Crippen molar-refractivity contribution < 1.29 is 4.57 Å². The van der Waals surface area contributed by atoms with Gasteiger partial charge in [-0.25, -0.2) is 4.57 Å². The number of benzene rings is 1. The van der Waals surface area contributed by atoms with Gasteiger partial charge in [-0.2, -0.15) is 11.3 Å². The van der Waals surface area contributed by atoms with Gasteiger partial charge in [0, 0.05) is 40.3 Å². The van der Waals surface area contributed by atoms with Crippen LogP contribution in [0.5, 0.6) is 0 Å². The van der Waals surface area contributed by atoms with E-state index in [1.165, 1.54) is 78.5 Å². The van der Waals surface area contributed by atoms with Crippen molar-refractivity contribution in [3.63, 3.8) is 0 Å². The van der Waals surface area contributed by atoms with E-state index in [1.807, 2.05) is 0 Å². The van der Waals surface area contributed by atoms with Crippen LogP contribution in [0.4, 0.5) is 0 Å². The highest BCUT2D eigenvalue weighted by Gasteiger charge is 2.15. The first-order chi connectivity index (χ1) is 14.8. The Kier molecular flexibility index (Phi) is 5.69. The number of aryl methyl sites for hydroxylation is 2. The number of para-hydroxylation sites is 1. The molecule has 0 aliphatic carbocycles. The maximum Gasteiger partial charge on any atom is 0.176 e. The van der Waals surface area contributed by atoms with Crippen LogP contribution in [-0.2, 0) is 13.6 Å². The van der Waals surface area contributed by atoms with Gasteiger partial charge >= 0.3 is 0 Å². The van der Waals surface area contributed by atoms with Crippen LogP contribution in [0.1, 0.15) is 25.7 Å². The topological polar surface area (TPSA) is 12.0 Å². The molecule has 1 saturated heterocycles. The highest BCUT2D eigenvalue weighted by Crippen LogP contribution is 2.32. The van der Waals surface area contributed by atoms with Crippen molar-refractivity contribution in [2.45, 2.75) is 32.2 Å². The number of piperidine rings is 1. The summed E-state index contributed by atoms with van der Waals surface area (Å²) in [5.41, 5.74) is 6.53. The van der Waals surface area contributed by atoms with Gasteiger partial charge < -0.3 is 9.47 Å². The van der Waals surface area contributed by atoms with Gasteiger partial charge in [-0.1, -0.05) is 24.6 Å². The second-order valence-corrected chi connectivity index (χ2v) is 9.28. The van der Waals surface area contributed by atoms with E-state index in [4.69, 9.17) is 0 Å². The second kappa shape index (κ2) is 8.75. The molecule has 0 radical (unpaired) electrons. The van der Waals surface area contributed by atoms with E-state index in [2.05, 4.69) is 86.8 Å². The first kappa shape index (κ1) is 19.5. The molecule has 0 atom stereocenters. The first-order valence-electron chi connectivity index (χ1n) is 11.1. The summed E-state index contributed by atoms with van der Waals surface area (Å²) in [5.74, 6) is 0. The molecule has 4 heterocycles. The summed E-state index contributed by atoms with van der Waals surface area (Å²) in [7, 11) is 2.12. The third-order valence-electron chi connectivity index (χ3n) is 6.27. The summed E-state index contributed by atoms with van der Waals surface area (Å²) in [5, 5.41) is 5.72. The molecule has 1 aromatic carbocycles. The minimum atomic E-state index is 1.08. The predicted octanol–water partition coefficient (Wildman–Crippen LogP) is 5.74. The van der Waals surface area contributed by atoms with Crippen molar-refractivity contribution in [1.82, 2.24) is 9.47 Å². The Labute approximate surface area is 183 Å². The Balaban J connectivity index is 1.45. The quantitative estimate of drug-likeness (QED) is 0.365. The van der Waals surface area contributed by atoms with Crippen LogP contribution in [-0.4, -0.2) is 29.1 Å². The third-order valence-corrected chi connectivity index (χ3v) is 6.96. The molecule has 154 valence electrons. The molecule has 5 rings (SSSR count). The fraction of sp³-hybridized carbons (Fsp3) is 0.346. The lowest BCUT2D eigenvalue weighted by Gasteiger charge is -2.26. The molecule has 1 fully saturated rings. The lowest BCUT2D eigenvalue weighted by molar-refractivity contribution is -0.670. The molecule has 0 N–H and O–H groups in total. The van der Waals surface area contributed by atoms with Crippen LogP contribution in [0.2, 0.25) is 0 Å². The van der Waals surface area contributed by atoms with E-state index in [9.17, 15) is 0 Å². The third kappa shape index (κ3) is 4.07. The number of fused-ring (bicyclic) bond motifs is 1. The molecule has 0 spiro atoms. The van der Waals surface area contributed by atoms with E-state index in [-0.39, 0.29) is 0 Å². The van der Waals surface area contributed by atoms with Crippen LogP contribution >= 0.6 is 11.3 Å². The van der Waals surface area contributed by atoms with Crippen molar-refractivity contribution in [2.75, 3.05) is 19.6 Å². The Morgan fingerprint density at radius 1 is 0.933 bits per heavy atom. The summed E-state index contributed by atoms with van der Waals surface area (Å²) in [6.45, 7) is 4.85. The Bertz CT molecular complexity index is 1120. The number of pyridine rings is 1. The van der Waals surface area contributed by atoms with Gasteiger partial charge in [-0.05, 0) is 73.4 Å². The van der Waals surface area contributed by atoms with Gasteiger partial charge in [-0.15, -0.1) is 0 Å². The van der Waals surface area contributed by atoms with Gasteiger partial charge in [0.1, 0.15) is 7.05 Å². The van der Waals surface area contributed by atoms with Gasteiger partial charge in [-0.3, -0.25) is 0 Å². The smallest absolute Gasteiger partial charge is 0.176 e. The molecule has 0 amide bonds. The Morgan fingerprint density at radius 3 is 2.60 bits per heavy atom. The fourth-order valence-electron chi connectivity index (χ4n) is 4.76. The lowest BCUT2D eigenvalue weighted by Crippen LogP contribution is -2.31. The zero-order chi connectivity index (χ0) is 20.3. The standard InChI is InChI=1S/C26H30N3S/c1-27-17-22(21-10-15-30-20-21)16-23(18-27)25-19-29(26-9-4-3-8-24(25)26)14-7-13-28-11-5-2-6-12-28/h3-4,8-10,15-20H,2,5-7,11-14H2,1H3/q+1. The lowest BCUT2D eigenvalue weighted by atomic mass is 10.0. The average molecular weight is 417 g/mol. The van der Waals surface area contributed by atoms with Crippen molar-refractivity contribution in [2.24, 2.45) is 7.05 Å². The molecular formula is C26H30N3S+. The SMILES string of the molecule is C[n+]1cc(-c2ccsc2)cc(-c2cn(CCCN3CCCCC3)c3ccccc23)c1. The van der Waals surface area contributed by atoms with E-state index in [0.717, 1.165) is 6.54 Å². The molecule has 30 heavy (non-hydrogen) atoms. The van der Waals surface area contributed by atoms with Crippen LogP contribution in [0.15, 0.2) is 65.7 Å². The van der Waals surface area contributed by atoms with E-state index >= 15 is 0 Å². The van der Waals surface area contributed by atoms with E-state index in [1.54, 1.807) is 11.3 Å². The monoisotopic (exact) mass is 416 g/mol. The number of hydrogen-bond donors (Lipinski definition) is 0. The van der Waals surface area contributed by atoms with Crippen LogP contribution in [0.3, 0.4) is 0 Å². The molecule has 1 aliphatic heterocycles. The maximum atomic E-state index is 2.64. The molecule has 4 aromatic rings. The highest BCUT2D eigenvalue weighted by atomic mass is 32.1. The molecule has 3 aromatic heterocycles. The molecule has 3 nitrogen and oxygen atoms in total. The van der Waals surface area contributed by atoms with Gasteiger partial charge in [0.15, 0.2) is 12.4 Å². The predicted molar refractivity (Wildman–Crippen MR) is 127 cm³/mol. The van der Waals surface area contributed by atoms with Crippen LogP contribution in [0.25, 0.3) is 33.2 Å². The molecule has 0 unspecified atom stereocenters. The molecule has 4 heteroatoms. The second-order valence-electron chi connectivity index (χ2n) is 8.50. The minimum Gasteiger partial charge on any atom is -0.347 e. The first-order valence-corrected chi connectivity index (χ1v) is 12.1. The summed E-state index contributed by atoms with van der Waals surface area (Å²) in [6.07, 6.45) is 12.2. The zero-order valence-electron chi connectivity index (χ0n) is 17.8. The largest absolute Gasteiger partial charge is 0.347 e. The number of likely N-dealkylation sites (tertiary alicyclic amines) is 1. The summed E-state index contributed by atoms with van der Waals surface area (Å²) in [6, 6.07) is 13.4. The van der Waals surface area contributed by atoms with Crippen molar-refractivity contribution in [3.05, 3.63) is 65.7 Å². The van der Waals surface area contributed by atoms with E-state index in [0.29, 0.717) is 0 Å². The Morgan fingerprint density at radius 2 is 1.77 bits per heavy atom. The molecular weight excluding hydrogens is 386 g/mol. The van der Waals surface area contributed by atoms with Crippen molar-refractivity contribution >= 4 is 22.2 Å². The average Bonchev–Trinajstić information content (AvgIpc) is 3.43. The molecule has 0 saturated carbocycles.